The van der Waals surface area contributed by atoms with Crippen molar-refractivity contribution in [2.75, 3.05) is 5.73 Å². The zero-order valence-corrected chi connectivity index (χ0v) is 11.1. The maximum Gasteiger partial charge on any atom is 0.202 e. The third-order valence-electron chi connectivity index (χ3n) is 3.40. The first-order chi connectivity index (χ1) is 8.04. The van der Waals surface area contributed by atoms with Gasteiger partial charge in [-0.15, -0.1) is 0 Å². The predicted molar refractivity (Wildman–Crippen MR) is 71.1 cm³/mol. The first kappa shape index (κ1) is 12.2. The zero-order valence-electron chi connectivity index (χ0n) is 10.3. The van der Waals surface area contributed by atoms with Crippen LogP contribution in [0.5, 0.6) is 0 Å². The van der Waals surface area contributed by atoms with Crippen LogP contribution in [-0.2, 0) is 0 Å². The average molecular weight is 253 g/mol. The molecule has 0 amide bonds. The predicted octanol–water partition coefficient (Wildman–Crippen LogP) is 3.27. The minimum Gasteiger partial charge on any atom is -0.369 e. The van der Waals surface area contributed by atoms with Crippen LogP contribution < -0.4 is 5.73 Å². The summed E-state index contributed by atoms with van der Waals surface area (Å²) in [5, 5.41) is 0.582. The molecule has 2 aromatic heterocycles. The van der Waals surface area contributed by atoms with Crippen molar-refractivity contribution in [3.05, 3.63) is 17.3 Å². The van der Waals surface area contributed by atoms with E-state index in [0.29, 0.717) is 16.9 Å². The lowest BCUT2D eigenvalue weighted by Crippen LogP contribution is -2.16. The molecule has 2 aromatic rings. The highest BCUT2D eigenvalue weighted by Gasteiger charge is 2.19. The summed E-state index contributed by atoms with van der Waals surface area (Å²) >= 11 is 5.90. The average Bonchev–Trinajstić information content (AvgIpc) is 2.62. The highest BCUT2D eigenvalue weighted by atomic mass is 35.5. The Labute approximate surface area is 106 Å². The molecule has 0 aliphatic rings. The molecule has 0 aliphatic heterocycles. The molecule has 0 fully saturated rings. The molecule has 2 N–H and O–H groups in total. The van der Waals surface area contributed by atoms with Gasteiger partial charge in [0.25, 0.3) is 0 Å². The van der Waals surface area contributed by atoms with Gasteiger partial charge in [-0.3, -0.25) is 4.57 Å². The Bertz CT molecular complexity index is 535. The molecule has 17 heavy (non-hydrogen) atoms. The van der Waals surface area contributed by atoms with Crippen molar-refractivity contribution in [3.8, 4) is 0 Å². The molecule has 0 spiro atoms. The highest BCUT2D eigenvalue weighted by Crippen LogP contribution is 2.28. The molecule has 0 radical (unpaired) electrons. The Balaban J connectivity index is 2.57. The normalized spacial score (nSPS) is 15.1. The maximum atomic E-state index is 5.97. The first-order valence-corrected chi connectivity index (χ1v) is 6.21. The van der Waals surface area contributed by atoms with Crippen molar-refractivity contribution in [2.24, 2.45) is 5.92 Å². The van der Waals surface area contributed by atoms with Gasteiger partial charge in [-0.05, 0) is 18.9 Å². The number of imidazole rings is 1. The van der Waals surface area contributed by atoms with Crippen LogP contribution in [0.25, 0.3) is 11.2 Å². The Morgan fingerprint density at radius 1 is 1.47 bits per heavy atom. The number of nitrogens with two attached hydrogens (primary N) is 1. The molecule has 4 nitrogen and oxygen atoms in total. The van der Waals surface area contributed by atoms with Gasteiger partial charge in [-0.1, -0.05) is 31.9 Å². The fraction of sp³-hybridized carbons (Fsp3) is 0.500. The van der Waals surface area contributed by atoms with Crippen LogP contribution in [0.2, 0.25) is 5.02 Å². The molecule has 0 aromatic carbocycles. The van der Waals surface area contributed by atoms with E-state index in [2.05, 4.69) is 30.7 Å². The minimum absolute atomic E-state index is 0.277. The summed E-state index contributed by atoms with van der Waals surface area (Å²) in [5.74, 6) is 1.02. The van der Waals surface area contributed by atoms with Crippen LogP contribution >= 0.6 is 11.6 Å². The SMILES string of the molecule is CCC(C)C(C)n1c(N)nc2cc(Cl)cnc21. The van der Waals surface area contributed by atoms with E-state index in [1.165, 1.54) is 0 Å². The molecule has 2 heterocycles. The number of pyridine rings is 1. The first-order valence-electron chi connectivity index (χ1n) is 5.83. The van der Waals surface area contributed by atoms with Crippen LogP contribution in [-0.4, -0.2) is 14.5 Å². The summed E-state index contributed by atoms with van der Waals surface area (Å²) in [6, 6.07) is 2.07. The lowest BCUT2D eigenvalue weighted by Gasteiger charge is -2.21. The highest BCUT2D eigenvalue weighted by molar-refractivity contribution is 6.31. The van der Waals surface area contributed by atoms with Crippen molar-refractivity contribution in [1.29, 1.82) is 0 Å². The van der Waals surface area contributed by atoms with E-state index in [4.69, 9.17) is 17.3 Å². The Kier molecular flexibility index (Phi) is 3.24. The number of hydrogen-bond acceptors (Lipinski definition) is 3. The topological polar surface area (TPSA) is 56.7 Å². The van der Waals surface area contributed by atoms with E-state index in [0.717, 1.165) is 17.6 Å². The molecule has 0 saturated carbocycles. The number of nitrogen functional groups attached to an aromatic ring is 1. The molecule has 0 bridgehead atoms. The molecule has 2 unspecified atom stereocenters. The van der Waals surface area contributed by atoms with Crippen molar-refractivity contribution in [3.63, 3.8) is 0 Å². The standard InChI is InChI=1S/C12H17ClN4/c1-4-7(2)8(3)17-11-10(16-12(17)14)5-9(13)6-15-11/h5-8H,4H2,1-3H3,(H2,14,16). The summed E-state index contributed by atoms with van der Waals surface area (Å²) in [6.45, 7) is 6.51. The van der Waals surface area contributed by atoms with Crippen LogP contribution in [0.15, 0.2) is 12.3 Å². The van der Waals surface area contributed by atoms with Crippen LogP contribution in [0.1, 0.15) is 33.2 Å². The van der Waals surface area contributed by atoms with Gasteiger partial charge < -0.3 is 5.73 Å². The number of rotatable bonds is 3. The van der Waals surface area contributed by atoms with Gasteiger partial charge >= 0.3 is 0 Å². The monoisotopic (exact) mass is 252 g/mol. The summed E-state index contributed by atoms with van der Waals surface area (Å²) in [7, 11) is 0. The summed E-state index contributed by atoms with van der Waals surface area (Å²) in [6.07, 6.45) is 2.72. The largest absolute Gasteiger partial charge is 0.369 e. The van der Waals surface area contributed by atoms with Gasteiger partial charge in [-0.2, -0.15) is 0 Å². The second kappa shape index (κ2) is 4.53. The Morgan fingerprint density at radius 3 is 2.82 bits per heavy atom. The second-order valence-electron chi connectivity index (χ2n) is 4.46. The number of nitrogens with zero attached hydrogens (tertiary/aromatic N) is 3. The second-order valence-corrected chi connectivity index (χ2v) is 4.90. The lowest BCUT2D eigenvalue weighted by molar-refractivity contribution is 0.379. The van der Waals surface area contributed by atoms with Gasteiger partial charge in [0.05, 0.1) is 5.02 Å². The molecule has 92 valence electrons. The van der Waals surface area contributed by atoms with E-state index in [1.807, 2.05) is 4.57 Å². The van der Waals surface area contributed by atoms with Gasteiger partial charge in [0.2, 0.25) is 5.95 Å². The van der Waals surface area contributed by atoms with E-state index < -0.39 is 0 Å². The van der Waals surface area contributed by atoms with E-state index in [1.54, 1.807) is 12.3 Å². The number of halogens is 1. The molecule has 0 aliphatic carbocycles. The third kappa shape index (κ3) is 2.09. The van der Waals surface area contributed by atoms with Crippen molar-refractivity contribution in [2.45, 2.75) is 33.2 Å². The molecular formula is C12H17ClN4. The smallest absolute Gasteiger partial charge is 0.202 e. The summed E-state index contributed by atoms with van der Waals surface area (Å²) < 4.78 is 1.99. The van der Waals surface area contributed by atoms with Crippen molar-refractivity contribution in [1.82, 2.24) is 14.5 Å². The maximum absolute atomic E-state index is 5.97. The lowest BCUT2D eigenvalue weighted by atomic mass is 10.0. The van der Waals surface area contributed by atoms with E-state index in [9.17, 15) is 0 Å². The zero-order chi connectivity index (χ0) is 12.6. The van der Waals surface area contributed by atoms with Crippen LogP contribution in [0, 0.1) is 5.92 Å². The van der Waals surface area contributed by atoms with Crippen LogP contribution in [0.3, 0.4) is 0 Å². The molecule has 0 saturated heterocycles. The number of anilines is 1. The van der Waals surface area contributed by atoms with Gasteiger partial charge in [0, 0.05) is 12.2 Å². The third-order valence-corrected chi connectivity index (χ3v) is 3.61. The minimum atomic E-state index is 0.277. The molecule has 5 heteroatoms. The number of fused-ring (bicyclic) bond motifs is 1. The van der Waals surface area contributed by atoms with Gasteiger partial charge in [-0.25, -0.2) is 9.97 Å². The fourth-order valence-electron chi connectivity index (χ4n) is 1.97. The Hall–Kier alpha value is -1.29. The molecular weight excluding hydrogens is 236 g/mol. The Morgan fingerprint density at radius 2 is 2.18 bits per heavy atom. The van der Waals surface area contributed by atoms with Crippen LogP contribution in [0.4, 0.5) is 5.95 Å². The van der Waals surface area contributed by atoms with Crippen molar-refractivity contribution >= 4 is 28.7 Å². The van der Waals surface area contributed by atoms with E-state index in [-0.39, 0.29) is 6.04 Å². The number of hydrogen-bond donors (Lipinski definition) is 1. The van der Waals surface area contributed by atoms with Crippen molar-refractivity contribution < 1.29 is 0 Å². The quantitative estimate of drug-likeness (QED) is 0.912. The molecule has 2 atom stereocenters. The summed E-state index contributed by atoms with van der Waals surface area (Å²) in [4.78, 5) is 8.63. The number of aromatic nitrogens is 3. The van der Waals surface area contributed by atoms with Gasteiger partial charge in [0.15, 0.2) is 5.65 Å². The fourth-order valence-corrected chi connectivity index (χ4v) is 2.12. The summed E-state index contributed by atoms with van der Waals surface area (Å²) in [5.41, 5.74) is 7.53. The molecule has 2 rings (SSSR count). The van der Waals surface area contributed by atoms with Gasteiger partial charge in [0.1, 0.15) is 5.52 Å². The van der Waals surface area contributed by atoms with E-state index >= 15 is 0 Å².